The standard InChI is InChI=1S/C21H29NO3/c1-6-7-14-11-17(23)19(20(24)18(14)21(25)22-5)16-10-13(4)8-9-15(16)12(2)3/h10-11,15-16,23-24H,2,6-9H2,1,3-5H3,(H,22,25). The Hall–Kier alpha value is -2.23. The lowest BCUT2D eigenvalue weighted by Crippen LogP contribution is -2.22. The Kier molecular flexibility index (Phi) is 5.93. The maximum Gasteiger partial charge on any atom is 0.255 e. The summed E-state index contributed by atoms with van der Waals surface area (Å²) in [5, 5.41) is 24.2. The van der Waals surface area contributed by atoms with Crippen molar-refractivity contribution in [3.05, 3.63) is 46.6 Å². The third kappa shape index (κ3) is 3.73. The van der Waals surface area contributed by atoms with Crippen LogP contribution < -0.4 is 5.32 Å². The van der Waals surface area contributed by atoms with Gasteiger partial charge in [-0.2, -0.15) is 0 Å². The first-order valence-corrected chi connectivity index (χ1v) is 8.94. The molecule has 2 rings (SSSR count). The van der Waals surface area contributed by atoms with E-state index in [1.807, 2.05) is 13.8 Å². The lowest BCUT2D eigenvalue weighted by Gasteiger charge is -2.32. The first kappa shape index (κ1) is 19.1. The minimum Gasteiger partial charge on any atom is -0.507 e. The number of phenols is 2. The van der Waals surface area contributed by atoms with Gasteiger partial charge in [0.1, 0.15) is 11.5 Å². The van der Waals surface area contributed by atoms with Crippen LogP contribution in [0.25, 0.3) is 0 Å². The molecule has 0 bridgehead atoms. The maximum atomic E-state index is 12.4. The van der Waals surface area contributed by atoms with Crippen LogP contribution in [0.5, 0.6) is 11.5 Å². The molecule has 1 amide bonds. The molecule has 0 aliphatic heterocycles. The minimum atomic E-state index is -0.328. The number of rotatable bonds is 5. The SMILES string of the molecule is C=C(C)C1CCC(C)=CC1c1c(O)cc(CCC)c(C(=O)NC)c1O. The number of hydrogen-bond donors (Lipinski definition) is 3. The van der Waals surface area contributed by atoms with Crippen LogP contribution in [0.1, 0.15) is 67.4 Å². The van der Waals surface area contributed by atoms with E-state index >= 15 is 0 Å². The Morgan fingerprint density at radius 2 is 2.08 bits per heavy atom. The third-order valence-corrected chi connectivity index (χ3v) is 5.09. The Labute approximate surface area is 150 Å². The van der Waals surface area contributed by atoms with Crippen LogP contribution in [0.2, 0.25) is 0 Å². The second-order valence-electron chi connectivity index (χ2n) is 7.05. The molecule has 0 heterocycles. The third-order valence-electron chi connectivity index (χ3n) is 5.09. The van der Waals surface area contributed by atoms with Gasteiger partial charge in [0.2, 0.25) is 0 Å². The van der Waals surface area contributed by atoms with Crippen LogP contribution >= 0.6 is 0 Å². The minimum absolute atomic E-state index is 0.0517. The molecule has 25 heavy (non-hydrogen) atoms. The molecule has 1 aromatic carbocycles. The second-order valence-corrected chi connectivity index (χ2v) is 7.05. The molecule has 2 atom stereocenters. The molecule has 0 saturated heterocycles. The molecule has 0 saturated carbocycles. The number of amides is 1. The largest absolute Gasteiger partial charge is 0.507 e. The van der Waals surface area contributed by atoms with Crippen molar-refractivity contribution in [2.75, 3.05) is 7.05 Å². The quantitative estimate of drug-likeness (QED) is 0.693. The van der Waals surface area contributed by atoms with E-state index in [0.29, 0.717) is 17.5 Å². The highest BCUT2D eigenvalue weighted by Gasteiger charge is 2.32. The number of nitrogens with one attached hydrogen (secondary N) is 1. The first-order valence-electron chi connectivity index (χ1n) is 8.94. The van der Waals surface area contributed by atoms with Crippen LogP contribution in [0.15, 0.2) is 29.9 Å². The lowest BCUT2D eigenvalue weighted by atomic mass is 9.73. The van der Waals surface area contributed by atoms with E-state index in [4.69, 9.17) is 0 Å². The highest BCUT2D eigenvalue weighted by Crippen LogP contribution is 2.48. The number of allylic oxidation sites excluding steroid dienone is 3. The zero-order chi connectivity index (χ0) is 18.7. The van der Waals surface area contributed by atoms with Crippen molar-refractivity contribution in [3.8, 4) is 11.5 Å². The van der Waals surface area contributed by atoms with Gasteiger partial charge in [0.05, 0.1) is 5.56 Å². The summed E-state index contributed by atoms with van der Waals surface area (Å²) < 4.78 is 0. The Morgan fingerprint density at radius 1 is 1.40 bits per heavy atom. The summed E-state index contributed by atoms with van der Waals surface area (Å²) in [7, 11) is 1.55. The number of carbonyl (C=O) groups excluding carboxylic acids is 1. The molecule has 4 heteroatoms. The summed E-state index contributed by atoms with van der Waals surface area (Å²) in [6.45, 7) is 10.1. The van der Waals surface area contributed by atoms with Gasteiger partial charge < -0.3 is 15.5 Å². The zero-order valence-corrected chi connectivity index (χ0v) is 15.6. The average molecular weight is 343 g/mol. The van der Waals surface area contributed by atoms with Gasteiger partial charge in [-0.05, 0) is 50.7 Å². The van der Waals surface area contributed by atoms with Crippen molar-refractivity contribution in [3.63, 3.8) is 0 Å². The normalized spacial score (nSPS) is 20.1. The van der Waals surface area contributed by atoms with Gasteiger partial charge >= 0.3 is 0 Å². The van der Waals surface area contributed by atoms with Crippen molar-refractivity contribution >= 4 is 5.91 Å². The van der Waals surface area contributed by atoms with E-state index in [0.717, 1.165) is 24.8 Å². The van der Waals surface area contributed by atoms with E-state index in [1.165, 1.54) is 5.57 Å². The van der Waals surface area contributed by atoms with Gasteiger partial charge in [-0.15, -0.1) is 0 Å². The summed E-state index contributed by atoms with van der Waals surface area (Å²) >= 11 is 0. The Morgan fingerprint density at radius 3 is 2.64 bits per heavy atom. The van der Waals surface area contributed by atoms with Gasteiger partial charge in [-0.1, -0.05) is 37.1 Å². The molecule has 3 N–H and O–H groups in total. The number of phenolic OH excluding ortho intramolecular Hbond substituents is 2. The number of benzene rings is 1. The fraction of sp³-hybridized carbons (Fsp3) is 0.476. The number of hydrogen-bond acceptors (Lipinski definition) is 3. The van der Waals surface area contributed by atoms with Crippen molar-refractivity contribution in [2.45, 2.75) is 52.4 Å². The van der Waals surface area contributed by atoms with Crippen LogP contribution in [0.4, 0.5) is 0 Å². The molecule has 1 aliphatic rings. The van der Waals surface area contributed by atoms with Crippen molar-refractivity contribution in [1.82, 2.24) is 5.32 Å². The Bertz CT molecular complexity index is 718. The number of aryl methyl sites for hydroxylation is 1. The fourth-order valence-electron chi connectivity index (χ4n) is 3.80. The molecule has 0 aromatic heterocycles. The lowest BCUT2D eigenvalue weighted by molar-refractivity contribution is 0.0959. The molecule has 2 unspecified atom stereocenters. The maximum absolute atomic E-state index is 12.4. The molecular weight excluding hydrogens is 314 g/mol. The van der Waals surface area contributed by atoms with E-state index in [-0.39, 0.29) is 34.8 Å². The van der Waals surface area contributed by atoms with Crippen LogP contribution in [0.3, 0.4) is 0 Å². The zero-order valence-electron chi connectivity index (χ0n) is 15.6. The molecule has 0 radical (unpaired) electrons. The van der Waals surface area contributed by atoms with E-state index in [9.17, 15) is 15.0 Å². The molecule has 0 spiro atoms. The van der Waals surface area contributed by atoms with E-state index < -0.39 is 0 Å². The summed E-state index contributed by atoms with van der Waals surface area (Å²) in [5.74, 6) is -0.424. The Balaban J connectivity index is 2.70. The number of carbonyl (C=O) groups is 1. The van der Waals surface area contributed by atoms with Crippen LogP contribution in [-0.2, 0) is 6.42 Å². The van der Waals surface area contributed by atoms with Gasteiger partial charge in [-0.3, -0.25) is 4.79 Å². The molecule has 1 aliphatic carbocycles. The topological polar surface area (TPSA) is 69.6 Å². The predicted octanol–water partition coefficient (Wildman–Crippen LogP) is 4.43. The van der Waals surface area contributed by atoms with E-state index in [2.05, 4.69) is 24.9 Å². The van der Waals surface area contributed by atoms with Crippen molar-refractivity contribution in [2.24, 2.45) is 5.92 Å². The summed E-state index contributed by atoms with van der Waals surface area (Å²) in [6.07, 6.45) is 5.43. The van der Waals surface area contributed by atoms with Gasteiger partial charge in [-0.25, -0.2) is 0 Å². The fourth-order valence-corrected chi connectivity index (χ4v) is 3.80. The van der Waals surface area contributed by atoms with Crippen molar-refractivity contribution < 1.29 is 15.0 Å². The smallest absolute Gasteiger partial charge is 0.255 e. The van der Waals surface area contributed by atoms with Crippen LogP contribution in [0, 0.1) is 5.92 Å². The average Bonchev–Trinajstić information content (AvgIpc) is 2.54. The molecule has 1 aromatic rings. The second kappa shape index (κ2) is 7.77. The molecule has 4 nitrogen and oxygen atoms in total. The van der Waals surface area contributed by atoms with Gasteiger partial charge in [0, 0.05) is 18.5 Å². The van der Waals surface area contributed by atoms with E-state index in [1.54, 1.807) is 13.1 Å². The van der Waals surface area contributed by atoms with Crippen molar-refractivity contribution in [1.29, 1.82) is 0 Å². The molecule has 136 valence electrons. The van der Waals surface area contributed by atoms with Gasteiger partial charge in [0.15, 0.2) is 0 Å². The monoisotopic (exact) mass is 343 g/mol. The summed E-state index contributed by atoms with van der Waals surface area (Å²) in [5.41, 5.74) is 3.62. The molecular formula is C21H29NO3. The highest BCUT2D eigenvalue weighted by molar-refractivity contribution is 5.99. The molecule has 0 fully saturated rings. The number of aromatic hydroxyl groups is 2. The summed E-state index contributed by atoms with van der Waals surface area (Å²) in [6, 6.07) is 1.64. The van der Waals surface area contributed by atoms with Gasteiger partial charge in [0.25, 0.3) is 5.91 Å². The summed E-state index contributed by atoms with van der Waals surface area (Å²) in [4.78, 5) is 12.4. The highest BCUT2D eigenvalue weighted by atomic mass is 16.3. The predicted molar refractivity (Wildman–Crippen MR) is 101 cm³/mol. The first-order chi connectivity index (χ1) is 11.8. The van der Waals surface area contributed by atoms with Crippen LogP contribution in [-0.4, -0.2) is 23.2 Å².